The van der Waals surface area contributed by atoms with Gasteiger partial charge in [-0.2, -0.15) is 4.31 Å². The van der Waals surface area contributed by atoms with E-state index in [1.54, 1.807) is 48.5 Å². The summed E-state index contributed by atoms with van der Waals surface area (Å²) in [4.78, 5) is 13.5. The number of aryl methyl sites for hydroxylation is 1. The molecule has 1 saturated carbocycles. The van der Waals surface area contributed by atoms with Gasteiger partial charge in [-0.25, -0.2) is 21.6 Å². The Labute approximate surface area is 236 Å². The predicted octanol–water partition coefficient (Wildman–Crippen LogP) is 4.89. The van der Waals surface area contributed by atoms with Crippen LogP contribution in [-0.2, 0) is 30.2 Å². The smallest absolute Gasteiger partial charge is 0.339 e. The number of carbonyl (C=O) groups excluding carboxylic acids is 1. The van der Waals surface area contributed by atoms with Crippen LogP contribution < -0.4 is 0 Å². The fourth-order valence-corrected chi connectivity index (χ4v) is 8.78. The number of sulfone groups is 1. The number of ether oxygens (including phenoxy) is 1. The van der Waals surface area contributed by atoms with Gasteiger partial charge in [0.1, 0.15) is 9.84 Å². The van der Waals surface area contributed by atoms with Crippen LogP contribution in [0.2, 0.25) is 0 Å². The number of sulfonamides is 1. The molecule has 40 heavy (non-hydrogen) atoms. The number of benzene rings is 3. The van der Waals surface area contributed by atoms with Crippen molar-refractivity contribution in [1.29, 1.82) is 0 Å². The Morgan fingerprint density at radius 2 is 1.52 bits per heavy atom. The van der Waals surface area contributed by atoms with E-state index >= 15 is 0 Å². The normalized spacial score (nSPS) is 23.3. The minimum absolute atomic E-state index is 0.104. The van der Waals surface area contributed by atoms with Crippen molar-refractivity contribution >= 4 is 25.8 Å². The van der Waals surface area contributed by atoms with E-state index in [0.29, 0.717) is 24.0 Å². The van der Waals surface area contributed by atoms with Crippen molar-refractivity contribution in [3.05, 3.63) is 113 Å². The Bertz CT molecular complexity index is 1650. The molecule has 1 aliphatic carbocycles. The maximum absolute atomic E-state index is 13.9. The summed E-state index contributed by atoms with van der Waals surface area (Å²) in [6.45, 7) is 3.87. The van der Waals surface area contributed by atoms with Gasteiger partial charge in [0.25, 0.3) is 0 Å². The Balaban J connectivity index is 1.66. The first-order chi connectivity index (χ1) is 19.0. The van der Waals surface area contributed by atoms with Gasteiger partial charge in [0, 0.05) is 25.1 Å². The number of nitrogens with zero attached hydrogens (tertiary/aromatic N) is 1. The first-order valence-electron chi connectivity index (χ1n) is 13.3. The molecular weight excluding hydrogens is 546 g/mol. The second kappa shape index (κ2) is 10.6. The topological polar surface area (TPSA) is 97.8 Å². The van der Waals surface area contributed by atoms with E-state index in [1.165, 1.54) is 4.31 Å². The van der Waals surface area contributed by atoms with E-state index in [1.807, 2.05) is 50.2 Å². The molecule has 7 nitrogen and oxygen atoms in total. The van der Waals surface area contributed by atoms with Crippen molar-refractivity contribution < 1.29 is 26.4 Å². The number of hydrogen-bond acceptors (Lipinski definition) is 6. The van der Waals surface area contributed by atoms with Crippen LogP contribution in [0.3, 0.4) is 0 Å². The first-order valence-corrected chi connectivity index (χ1v) is 16.8. The number of fused-ring (bicyclic) bond motifs is 1. The third-order valence-corrected chi connectivity index (χ3v) is 10.7. The summed E-state index contributed by atoms with van der Waals surface area (Å²) < 4.78 is 60.9. The highest BCUT2D eigenvalue weighted by Crippen LogP contribution is 2.58. The summed E-state index contributed by atoms with van der Waals surface area (Å²) in [5.74, 6) is -1.08. The average molecular weight is 580 g/mol. The standard InChI is InChI=1S/C31H33NO6S2/c1-4-27-28(21-39(3,34)35)32(40(36,37)26-17-15-22(2)16-18-26)20-24-19-31(29(24)27,25-13-9-6-10-14-25)38-30(33)23-11-7-5-8-12-23/h5-18,24,28H,4,19-21H2,1-3H3/t24-,28-,31+/m0/s1. The van der Waals surface area contributed by atoms with Gasteiger partial charge < -0.3 is 4.74 Å². The van der Waals surface area contributed by atoms with Crippen LogP contribution >= 0.6 is 0 Å². The zero-order valence-electron chi connectivity index (χ0n) is 22.8. The maximum atomic E-state index is 13.9. The van der Waals surface area contributed by atoms with Gasteiger partial charge in [-0.15, -0.1) is 0 Å². The molecule has 3 aromatic rings. The van der Waals surface area contributed by atoms with E-state index in [9.17, 15) is 21.6 Å². The molecule has 0 bridgehead atoms. The number of hydrogen-bond donors (Lipinski definition) is 0. The van der Waals surface area contributed by atoms with Crippen LogP contribution in [0.4, 0.5) is 0 Å². The lowest BCUT2D eigenvalue weighted by Gasteiger charge is -2.56. The summed E-state index contributed by atoms with van der Waals surface area (Å²) in [6.07, 6.45) is 1.91. The van der Waals surface area contributed by atoms with Crippen LogP contribution in [0.15, 0.2) is 101 Å². The minimum atomic E-state index is -4.01. The third kappa shape index (κ3) is 5.13. The Kier molecular flexibility index (Phi) is 7.50. The molecule has 2 aliphatic rings. The highest BCUT2D eigenvalue weighted by atomic mass is 32.2. The summed E-state index contributed by atoms with van der Waals surface area (Å²) >= 11 is 0. The van der Waals surface area contributed by atoms with E-state index in [0.717, 1.165) is 23.0 Å². The van der Waals surface area contributed by atoms with Gasteiger partial charge in [0.2, 0.25) is 10.0 Å². The molecule has 5 rings (SSSR count). The SMILES string of the molecule is CCC1=C2[C@H](CN(S(=O)(=O)c3ccc(C)cc3)[C@H]1CS(C)(=O)=O)C[C@@]2(OC(=O)c1ccccc1)c1ccccc1. The van der Waals surface area contributed by atoms with Gasteiger partial charge in [0.05, 0.1) is 22.3 Å². The Morgan fingerprint density at radius 3 is 2.10 bits per heavy atom. The number of rotatable bonds is 8. The molecule has 1 heterocycles. The lowest BCUT2D eigenvalue weighted by molar-refractivity contribution is -0.0558. The average Bonchev–Trinajstić information content (AvgIpc) is 2.92. The molecule has 3 aromatic carbocycles. The second-order valence-corrected chi connectivity index (χ2v) is 14.7. The molecule has 0 unspecified atom stereocenters. The minimum Gasteiger partial charge on any atom is -0.446 e. The number of carbonyl (C=O) groups is 1. The third-order valence-electron chi connectivity index (χ3n) is 7.86. The van der Waals surface area contributed by atoms with E-state index in [4.69, 9.17) is 4.74 Å². The molecule has 210 valence electrons. The molecule has 0 saturated heterocycles. The largest absolute Gasteiger partial charge is 0.446 e. The van der Waals surface area contributed by atoms with Gasteiger partial charge in [-0.05, 0) is 54.3 Å². The fraction of sp³-hybridized carbons (Fsp3) is 0.323. The van der Waals surface area contributed by atoms with Gasteiger partial charge in [-0.3, -0.25) is 0 Å². The monoisotopic (exact) mass is 579 g/mol. The molecule has 0 aromatic heterocycles. The summed E-state index contributed by atoms with van der Waals surface area (Å²) in [5.41, 5.74) is 2.51. The molecule has 0 amide bonds. The molecule has 9 heteroatoms. The predicted molar refractivity (Wildman–Crippen MR) is 154 cm³/mol. The van der Waals surface area contributed by atoms with Crippen molar-refractivity contribution in [2.24, 2.45) is 5.92 Å². The van der Waals surface area contributed by atoms with Crippen molar-refractivity contribution in [3.63, 3.8) is 0 Å². The molecular formula is C31H33NO6S2. The molecule has 0 spiro atoms. The van der Waals surface area contributed by atoms with Gasteiger partial charge >= 0.3 is 5.97 Å². The van der Waals surface area contributed by atoms with E-state index < -0.39 is 37.5 Å². The van der Waals surface area contributed by atoms with Crippen molar-refractivity contribution in [2.75, 3.05) is 18.6 Å². The second-order valence-electron chi connectivity index (χ2n) is 10.6. The lowest BCUT2D eigenvalue weighted by Crippen LogP contribution is -2.60. The van der Waals surface area contributed by atoms with Crippen LogP contribution in [0.1, 0.15) is 41.3 Å². The Morgan fingerprint density at radius 1 is 0.925 bits per heavy atom. The van der Waals surface area contributed by atoms with E-state index in [-0.39, 0.29) is 23.1 Å². The quantitative estimate of drug-likeness (QED) is 0.278. The summed E-state index contributed by atoms with van der Waals surface area (Å²) in [7, 11) is -7.59. The fourth-order valence-electron chi connectivity index (χ4n) is 6.07. The highest BCUT2D eigenvalue weighted by molar-refractivity contribution is 7.91. The molecule has 1 aliphatic heterocycles. The zero-order chi connectivity index (χ0) is 28.7. The lowest BCUT2D eigenvalue weighted by atomic mass is 9.58. The summed E-state index contributed by atoms with van der Waals surface area (Å²) in [5, 5.41) is 0. The highest BCUT2D eigenvalue weighted by Gasteiger charge is 2.59. The molecule has 3 atom stereocenters. The van der Waals surface area contributed by atoms with Gasteiger partial charge in [-0.1, -0.05) is 73.2 Å². The molecule has 1 fully saturated rings. The van der Waals surface area contributed by atoms with Crippen molar-refractivity contribution in [1.82, 2.24) is 4.31 Å². The molecule has 0 N–H and O–H groups in total. The van der Waals surface area contributed by atoms with Crippen LogP contribution in [-0.4, -0.2) is 51.7 Å². The van der Waals surface area contributed by atoms with Crippen molar-refractivity contribution in [3.8, 4) is 0 Å². The Hall–Kier alpha value is -3.27. The number of esters is 1. The van der Waals surface area contributed by atoms with Crippen molar-refractivity contribution in [2.45, 2.75) is 43.2 Å². The van der Waals surface area contributed by atoms with Crippen LogP contribution in [0, 0.1) is 12.8 Å². The summed E-state index contributed by atoms with van der Waals surface area (Å²) in [6, 6.07) is 23.8. The van der Waals surface area contributed by atoms with Crippen LogP contribution in [0.5, 0.6) is 0 Å². The zero-order valence-corrected chi connectivity index (χ0v) is 24.4. The molecule has 0 radical (unpaired) electrons. The first kappa shape index (κ1) is 28.3. The maximum Gasteiger partial charge on any atom is 0.339 e. The van der Waals surface area contributed by atoms with E-state index in [2.05, 4.69) is 0 Å². The van der Waals surface area contributed by atoms with Gasteiger partial charge in [0.15, 0.2) is 5.60 Å². The van der Waals surface area contributed by atoms with Crippen LogP contribution in [0.25, 0.3) is 0 Å².